The van der Waals surface area contributed by atoms with E-state index in [-0.39, 0.29) is 6.42 Å². The van der Waals surface area contributed by atoms with E-state index in [1.165, 1.54) is 6.92 Å². The molecule has 0 bridgehead atoms. The number of carbonyl (C=O) groups is 3. The maximum Gasteiger partial charge on any atom is 0.235 e. The van der Waals surface area contributed by atoms with Crippen LogP contribution in [-0.4, -0.2) is 38.1 Å². The lowest BCUT2D eigenvalue weighted by Crippen LogP contribution is -2.56. The van der Waals surface area contributed by atoms with Gasteiger partial charge in [-0.1, -0.05) is 36.4 Å². The fourth-order valence-corrected chi connectivity index (χ4v) is 4.89. The van der Waals surface area contributed by atoms with Crippen LogP contribution in [0.2, 0.25) is 0 Å². The second-order valence-corrected chi connectivity index (χ2v) is 9.04. The zero-order valence-corrected chi connectivity index (χ0v) is 19.4. The number of carbonyl (C=O) groups excluding carboxylic acids is 3. The second-order valence-electron chi connectivity index (χ2n) is 9.04. The summed E-state index contributed by atoms with van der Waals surface area (Å²) >= 11 is 0. The number of benzene rings is 2. The van der Waals surface area contributed by atoms with Gasteiger partial charge in [0.2, 0.25) is 11.8 Å². The molecule has 1 fully saturated rings. The Morgan fingerprint density at radius 2 is 1.53 bits per heavy atom. The first-order valence-electron chi connectivity index (χ1n) is 11.1. The summed E-state index contributed by atoms with van der Waals surface area (Å²) in [6, 6.07) is 17.7. The van der Waals surface area contributed by atoms with Crippen LogP contribution in [0.5, 0.6) is 0 Å². The van der Waals surface area contributed by atoms with Gasteiger partial charge in [-0.3, -0.25) is 19.1 Å². The van der Waals surface area contributed by atoms with Gasteiger partial charge in [-0.05, 0) is 43.7 Å². The van der Waals surface area contributed by atoms with Crippen LogP contribution in [0.1, 0.15) is 30.5 Å². The molecule has 0 unspecified atom stereocenters. The predicted octanol–water partition coefficient (Wildman–Crippen LogP) is 3.05. The van der Waals surface area contributed by atoms with Gasteiger partial charge in [0, 0.05) is 37.0 Å². The number of rotatable bonds is 5. The molecule has 0 spiro atoms. The molecule has 0 aliphatic heterocycles. The summed E-state index contributed by atoms with van der Waals surface area (Å²) in [5.74, 6) is -4.55. The van der Waals surface area contributed by atoms with E-state index >= 15 is 0 Å². The van der Waals surface area contributed by atoms with Gasteiger partial charge in [0.25, 0.3) is 0 Å². The average molecular weight is 461 g/mol. The molecule has 3 aromatic rings. The molecule has 0 saturated heterocycles. The van der Waals surface area contributed by atoms with Crippen molar-refractivity contribution in [3.63, 3.8) is 0 Å². The van der Waals surface area contributed by atoms with Crippen LogP contribution in [0.25, 0.3) is 0 Å². The molecule has 1 aliphatic rings. The average Bonchev–Trinajstić information content (AvgIpc) is 3.11. The zero-order chi connectivity index (χ0) is 24.5. The number of Topliss-reactive ketones (excluding diaryl/α,β-unsaturated/α-hetero) is 1. The molecular formula is C26H28N4O4. The van der Waals surface area contributed by atoms with Gasteiger partial charge < -0.3 is 15.7 Å². The maximum absolute atomic E-state index is 13.6. The van der Waals surface area contributed by atoms with Crippen LogP contribution in [0.4, 0.5) is 11.4 Å². The monoisotopic (exact) mass is 460 g/mol. The van der Waals surface area contributed by atoms with Gasteiger partial charge in [0.15, 0.2) is 0 Å². The fourth-order valence-electron chi connectivity index (χ4n) is 4.89. The minimum Gasteiger partial charge on any atom is -0.389 e. The smallest absolute Gasteiger partial charge is 0.235 e. The standard InChI is InChI=1S/C26H28N4O4/c1-16-19(15-30(3)29-16)21-22(24(32)27-17-10-6-4-7-11-17)20(31)14-26(2,34)23(21)25(33)28-18-12-8-5-9-13-18/h4-13,15,21-23,34H,14H2,1-3H3,(H,27,32)(H,28,33)/t21-,22-,23-,26+/m0/s1. The van der Waals surface area contributed by atoms with E-state index in [4.69, 9.17) is 0 Å². The van der Waals surface area contributed by atoms with Gasteiger partial charge in [0.1, 0.15) is 11.7 Å². The number of aromatic nitrogens is 2. The number of para-hydroxylation sites is 2. The molecule has 4 rings (SSSR count). The molecule has 176 valence electrons. The summed E-state index contributed by atoms with van der Waals surface area (Å²) in [5, 5.41) is 21.4. The number of anilines is 2. The van der Waals surface area contributed by atoms with E-state index < -0.39 is 41.0 Å². The number of hydrogen-bond donors (Lipinski definition) is 3. The molecular weight excluding hydrogens is 432 g/mol. The Bertz CT molecular complexity index is 1200. The lowest BCUT2D eigenvalue weighted by Gasteiger charge is -2.44. The highest BCUT2D eigenvalue weighted by Gasteiger charge is 2.56. The van der Waals surface area contributed by atoms with Crippen LogP contribution in [0.3, 0.4) is 0 Å². The van der Waals surface area contributed by atoms with E-state index in [9.17, 15) is 19.5 Å². The third kappa shape index (κ3) is 4.63. The van der Waals surface area contributed by atoms with E-state index in [1.54, 1.807) is 73.4 Å². The van der Waals surface area contributed by atoms with E-state index in [0.717, 1.165) is 0 Å². The molecule has 3 N–H and O–H groups in total. The van der Waals surface area contributed by atoms with E-state index in [1.807, 2.05) is 12.1 Å². The molecule has 34 heavy (non-hydrogen) atoms. The first kappa shape index (κ1) is 23.4. The summed E-state index contributed by atoms with van der Waals surface area (Å²) < 4.78 is 1.58. The first-order chi connectivity index (χ1) is 16.2. The number of hydrogen-bond acceptors (Lipinski definition) is 5. The van der Waals surface area contributed by atoms with Crippen molar-refractivity contribution in [2.45, 2.75) is 31.8 Å². The van der Waals surface area contributed by atoms with Crippen molar-refractivity contribution in [3.05, 3.63) is 78.1 Å². The van der Waals surface area contributed by atoms with Crippen LogP contribution < -0.4 is 10.6 Å². The SMILES string of the molecule is Cc1nn(C)cc1[C@H]1[C@@H](C(=O)Nc2ccccc2)C(=O)C[C@@](C)(O)[C@@H]1C(=O)Nc1ccccc1. The second kappa shape index (κ2) is 9.23. The Labute approximate surface area is 198 Å². The zero-order valence-electron chi connectivity index (χ0n) is 19.4. The fraction of sp³-hybridized carbons (Fsp3) is 0.308. The lowest BCUT2D eigenvalue weighted by molar-refractivity contribution is -0.150. The van der Waals surface area contributed by atoms with Crippen LogP contribution in [0, 0.1) is 18.8 Å². The number of amides is 2. The molecule has 4 atom stereocenters. The predicted molar refractivity (Wildman–Crippen MR) is 128 cm³/mol. The van der Waals surface area contributed by atoms with Gasteiger partial charge in [-0.15, -0.1) is 0 Å². The lowest BCUT2D eigenvalue weighted by atomic mass is 9.61. The quantitative estimate of drug-likeness (QED) is 0.507. The highest BCUT2D eigenvalue weighted by Crippen LogP contribution is 2.47. The summed E-state index contributed by atoms with van der Waals surface area (Å²) in [5.41, 5.74) is 0.619. The third-order valence-corrected chi connectivity index (χ3v) is 6.33. The normalized spacial score (nSPS) is 24.5. The summed E-state index contributed by atoms with van der Waals surface area (Å²) in [6.45, 7) is 3.24. The van der Waals surface area contributed by atoms with Crippen LogP contribution in [0.15, 0.2) is 66.9 Å². The van der Waals surface area contributed by atoms with Crippen LogP contribution in [-0.2, 0) is 21.4 Å². The Morgan fingerprint density at radius 3 is 2.03 bits per heavy atom. The van der Waals surface area contributed by atoms with Crippen molar-refractivity contribution in [1.82, 2.24) is 9.78 Å². The molecule has 2 amide bonds. The molecule has 1 aliphatic carbocycles. The molecule has 1 heterocycles. The number of aliphatic hydroxyl groups is 1. The number of nitrogens with zero attached hydrogens (tertiary/aromatic N) is 2. The highest BCUT2D eigenvalue weighted by atomic mass is 16.3. The van der Waals surface area contributed by atoms with Gasteiger partial charge >= 0.3 is 0 Å². The Morgan fingerprint density at radius 1 is 1.00 bits per heavy atom. The summed E-state index contributed by atoms with van der Waals surface area (Å²) in [7, 11) is 1.73. The van der Waals surface area contributed by atoms with Gasteiger partial charge in [0.05, 0.1) is 17.2 Å². The highest BCUT2D eigenvalue weighted by molar-refractivity contribution is 6.10. The molecule has 8 heteroatoms. The minimum absolute atomic E-state index is 0.317. The largest absolute Gasteiger partial charge is 0.389 e. The first-order valence-corrected chi connectivity index (χ1v) is 11.1. The Balaban J connectivity index is 1.78. The number of nitrogens with one attached hydrogen (secondary N) is 2. The summed E-state index contributed by atoms with van der Waals surface area (Å²) in [6.07, 6.45) is 1.39. The molecule has 1 aromatic heterocycles. The molecule has 8 nitrogen and oxygen atoms in total. The van der Waals surface area contributed by atoms with Crippen molar-refractivity contribution < 1.29 is 19.5 Å². The van der Waals surface area contributed by atoms with Gasteiger partial charge in [-0.2, -0.15) is 5.10 Å². The van der Waals surface area contributed by atoms with Crippen LogP contribution >= 0.6 is 0 Å². The van der Waals surface area contributed by atoms with Crippen molar-refractivity contribution in [3.8, 4) is 0 Å². The van der Waals surface area contributed by atoms with E-state index in [0.29, 0.717) is 22.6 Å². The van der Waals surface area contributed by atoms with E-state index in [2.05, 4.69) is 15.7 Å². The van der Waals surface area contributed by atoms with Crippen molar-refractivity contribution in [2.24, 2.45) is 18.9 Å². The Hall–Kier alpha value is -3.78. The van der Waals surface area contributed by atoms with Gasteiger partial charge in [-0.25, -0.2) is 0 Å². The molecule has 1 saturated carbocycles. The topological polar surface area (TPSA) is 113 Å². The van der Waals surface area contributed by atoms with Crippen molar-refractivity contribution in [1.29, 1.82) is 0 Å². The molecule has 2 aromatic carbocycles. The number of ketones is 1. The van der Waals surface area contributed by atoms with Crippen molar-refractivity contribution >= 4 is 29.0 Å². The summed E-state index contributed by atoms with van der Waals surface area (Å²) in [4.78, 5) is 40.3. The van der Waals surface area contributed by atoms with Crippen molar-refractivity contribution in [2.75, 3.05) is 10.6 Å². The molecule has 0 radical (unpaired) electrons. The number of aryl methyl sites for hydroxylation is 2. The Kier molecular flexibility index (Phi) is 6.34. The maximum atomic E-state index is 13.6. The minimum atomic E-state index is -1.66. The third-order valence-electron chi connectivity index (χ3n) is 6.33.